The first-order chi connectivity index (χ1) is 13.1. The number of allylic oxidation sites excluding steroid dienone is 2. The Morgan fingerprint density at radius 2 is 1.93 bits per heavy atom. The van der Waals surface area contributed by atoms with Crippen LogP contribution in [0.15, 0.2) is 41.0 Å². The summed E-state index contributed by atoms with van der Waals surface area (Å²) in [5.74, 6) is 1.17. The highest BCUT2D eigenvalue weighted by atomic mass is 16.5. The van der Waals surface area contributed by atoms with Crippen molar-refractivity contribution in [3.8, 4) is 0 Å². The number of aliphatic imine (C=N–C) groups is 1. The summed E-state index contributed by atoms with van der Waals surface area (Å²) in [7, 11) is 0. The van der Waals surface area contributed by atoms with Crippen molar-refractivity contribution < 1.29 is 4.74 Å². The molecule has 148 valence electrons. The van der Waals surface area contributed by atoms with Gasteiger partial charge in [0.2, 0.25) is 0 Å². The van der Waals surface area contributed by atoms with Crippen molar-refractivity contribution in [1.29, 1.82) is 0 Å². The van der Waals surface area contributed by atoms with Crippen LogP contribution in [0.1, 0.15) is 64.1 Å². The van der Waals surface area contributed by atoms with E-state index in [0.29, 0.717) is 0 Å². The maximum Gasteiger partial charge on any atom is 0.105 e. The molecule has 0 spiro atoms. The number of hydrogen-bond donors (Lipinski definition) is 0. The Morgan fingerprint density at radius 3 is 2.48 bits per heavy atom. The molecule has 1 aliphatic heterocycles. The maximum atomic E-state index is 5.55. The van der Waals surface area contributed by atoms with E-state index in [9.17, 15) is 0 Å². The average molecular weight is 370 g/mol. The molecule has 0 amide bonds. The molecule has 0 N–H and O–H groups in total. The molecule has 0 aromatic carbocycles. The van der Waals surface area contributed by atoms with Crippen LogP contribution in [0.3, 0.4) is 0 Å². The van der Waals surface area contributed by atoms with Gasteiger partial charge in [-0.3, -0.25) is 4.98 Å². The van der Waals surface area contributed by atoms with Crippen molar-refractivity contribution in [3.05, 3.63) is 47.3 Å². The summed E-state index contributed by atoms with van der Waals surface area (Å²) in [4.78, 5) is 12.2. The van der Waals surface area contributed by atoms with Gasteiger partial charge in [-0.2, -0.15) is 0 Å². The van der Waals surface area contributed by atoms with Gasteiger partial charge in [-0.15, -0.1) is 0 Å². The van der Waals surface area contributed by atoms with Crippen molar-refractivity contribution >= 4 is 11.5 Å². The van der Waals surface area contributed by atoms with Gasteiger partial charge in [-0.05, 0) is 44.4 Å². The van der Waals surface area contributed by atoms with Gasteiger partial charge in [0.25, 0.3) is 0 Å². The molecule has 2 rings (SSSR count). The lowest BCUT2D eigenvalue weighted by Crippen LogP contribution is -2.40. The van der Waals surface area contributed by atoms with E-state index in [-0.39, 0.29) is 0 Å². The number of amidine groups is 1. The van der Waals surface area contributed by atoms with Gasteiger partial charge in [0.05, 0.1) is 18.9 Å². The summed E-state index contributed by atoms with van der Waals surface area (Å²) in [6.45, 7) is 16.2. The Labute approximate surface area is 165 Å². The van der Waals surface area contributed by atoms with E-state index in [4.69, 9.17) is 9.73 Å². The summed E-state index contributed by atoms with van der Waals surface area (Å²) in [5.41, 5.74) is 5.47. The Hall–Kier alpha value is -1.94. The number of morpholine rings is 1. The molecule has 2 heterocycles. The molecule has 0 atom stereocenters. The van der Waals surface area contributed by atoms with Crippen LogP contribution in [0.4, 0.5) is 0 Å². The minimum Gasteiger partial charge on any atom is -0.378 e. The van der Waals surface area contributed by atoms with Crippen LogP contribution in [0, 0.1) is 6.92 Å². The Kier molecular flexibility index (Phi) is 8.73. The summed E-state index contributed by atoms with van der Waals surface area (Å²) < 4.78 is 5.55. The van der Waals surface area contributed by atoms with Gasteiger partial charge in [-0.1, -0.05) is 38.8 Å². The van der Waals surface area contributed by atoms with Gasteiger partial charge < -0.3 is 9.64 Å². The van der Waals surface area contributed by atoms with E-state index in [0.717, 1.165) is 80.9 Å². The smallest absolute Gasteiger partial charge is 0.105 e. The summed E-state index contributed by atoms with van der Waals surface area (Å²) in [5, 5.41) is 0. The highest BCUT2D eigenvalue weighted by Crippen LogP contribution is 2.28. The largest absolute Gasteiger partial charge is 0.378 e. The number of hydrogen-bond acceptors (Lipinski definition) is 3. The predicted octanol–water partition coefficient (Wildman–Crippen LogP) is 5.40. The molecule has 4 heteroatoms. The molecule has 1 fully saturated rings. The number of nitrogens with zero attached hydrogens (tertiary/aromatic N) is 3. The lowest BCUT2D eigenvalue weighted by molar-refractivity contribution is 0.0671. The van der Waals surface area contributed by atoms with Crippen molar-refractivity contribution in [3.63, 3.8) is 0 Å². The fourth-order valence-corrected chi connectivity index (χ4v) is 3.27. The quantitative estimate of drug-likeness (QED) is 0.350. The first-order valence-electron chi connectivity index (χ1n) is 10.3. The SMILES string of the molecule is C=C(C)/C(CCC)=C(\N=C(CCCC)N1CCOCC1)c1ccc(C)nc1. The Morgan fingerprint density at radius 1 is 1.19 bits per heavy atom. The van der Waals surface area contributed by atoms with Crippen LogP contribution in [-0.4, -0.2) is 42.0 Å². The van der Waals surface area contributed by atoms with Gasteiger partial charge in [0.1, 0.15) is 5.84 Å². The number of ether oxygens (including phenoxy) is 1. The van der Waals surface area contributed by atoms with Crippen molar-refractivity contribution in [2.24, 2.45) is 4.99 Å². The van der Waals surface area contributed by atoms with Crippen molar-refractivity contribution in [2.45, 2.75) is 59.8 Å². The average Bonchev–Trinajstić information content (AvgIpc) is 2.68. The van der Waals surface area contributed by atoms with Crippen LogP contribution in [0.25, 0.3) is 5.70 Å². The second kappa shape index (κ2) is 11.0. The third kappa shape index (κ3) is 6.31. The number of pyridine rings is 1. The van der Waals surface area contributed by atoms with Crippen LogP contribution in [-0.2, 0) is 4.74 Å². The number of aryl methyl sites for hydroxylation is 1. The molecule has 0 unspecified atom stereocenters. The van der Waals surface area contributed by atoms with E-state index in [1.807, 2.05) is 13.1 Å². The zero-order chi connectivity index (χ0) is 19.6. The molecule has 27 heavy (non-hydrogen) atoms. The summed E-state index contributed by atoms with van der Waals surface area (Å²) >= 11 is 0. The minimum absolute atomic E-state index is 0.776. The highest BCUT2D eigenvalue weighted by molar-refractivity contribution is 5.89. The van der Waals surface area contributed by atoms with Gasteiger partial charge in [0.15, 0.2) is 0 Å². The summed E-state index contributed by atoms with van der Waals surface area (Å²) in [6.07, 6.45) is 7.30. The van der Waals surface area contributed by atoms with E-state index >= 15 is 0 Å². The topological polar surface area (TPSA) is 37.7 Å². The molecular weight excluding hydrogens is 334 g/mol. The summed E-state index contributed by atoms with van der Waals surface area (Å²) in [6, 6.07) is 4.20. The Bertz CT molecular complexity index is 667. The van der Waals surface area contributed by atoms with Crippen LogP contribution in [0.2, 0.25) is 0 Å². The maximum absolute atomic E-state index is 5.55. The van der Waals surface area contributed by atoms with Crippen LogP contribution >= 0.6 is 0 Å². The second-order valence-corrected chi connectivity index (χ2v) is 7.28. The molecule has 1 aromatic rings. The van der Waals surface area contributed by atoms with Crippen molar-refractivity contribution in [1.82, 2.24) is 9.88 Å². The van der Waals surface area contributed by atoms with Gasteiger partial charge >= 0.3 is 0 Å². The standard InChI is InChI=1S/C23H35N3O/c1-6-8-10-22(26-13-15-27-16-14-26)25-23(21(9-7-2)18(3)4)20-12-11-19(5)24-17-20/h11-12,17H,3,6-10,13-16H2,1-2,4-5H3/b23-21-,25-22?. The first-order valence-corrected chi connectivity index (χ1v) is 10.3. The number of rotatable bonds is 8. The second-order valence-electron chi connectivity index (χ2n) is 7.28. The predicted molar refractivity (Wildman–Crippen MR) is 115 cm³/mol. The molecular formula is C23H35N3O. The fraction of sp³-hybridized carbons (Fsp3) is 0.565. The van der Waals surface area contributed by atoms with E-state index in [1.54, 1.807) is 0 Å². The van der Waals surface area contributed by atoms with Crippen molar-refractivity contribution in [2.75, 3.05) is 26.3 Å². The molecule has 1 aliphatic rings. The monoisotopic (exact) mass is 369 g/mol. The zero-order valence-electron chi connectivity index (χ0n) is 17.6. The third-order valence-corrected chi connectivity index (χ3v) is 4.86. The first kappa shape index (κ1) is 21.4. The third-order valence-electron chi connectivity index (χ3n) is 4.86. The highest BCUT2D eigenvalue weighted by Gasteiger charge is 2.17. The fourth-order valence-electron chi connectivity index (χ4n) is 3.27. The molecule has 0 aliphatic carbocycles. The molecule has 1 aromatic heterocycles. The van der Waals surface area contributed by atoms with Crippen LogP contribution in [0.5, 0.6) is 0 Å². The molecule has 0 radical (unpaired) electrons. The molecule has 0 bridgehead atoms. The number of unbranched alkanes of at least 4 members (excludes halogenated alkanes) is 1. The van der Waals surface area contributed by atoms with Gasteiger partial charge in [0, 0.05) is 37.0 Å². The lowest BCUT2D eigenvalue weighted by Gasteiger charge is -2.30. The molecule has 4 nitrogen and oxygen atoms in total. The van der Waals surface area contributed by atoms with E-state index in [1.165, 1.54) is 11.4 Å². The molecule has 0 saturated carbocycles. The van der Waals surface area contributed by atoms with Crippen LogP contribution < -0.4 is 0 Å². The van der Waals surface area contributed by atoms with E-state index < -0.39 is 0 Å². The molecule has 1 saturated heterocycles. The Balaban J connectivity index is 2.53. The van der Waals surface area contributed by atoms with Gasteiger partial charge in [-0.25, -0.2) is 4.99 Å². The minimum atomic E-state index is 0.776. The normalized spacial score (nSPS) is 16.3. The van der Waals surface area contributed by atoms with E-state index in [2.05, 4.69) is 49.4 Å². The lowest BCUT2D eigenvalue weighted by atomic mass is 9.98. The number of aromatic nitrogens is 1. The zero-order valence-corrected chi connectivity index (χ0v) is 17.6.